The van der Waals surface area contributed by atoms with Crippen LogP contribution in [0.1, 0.15) is 19.4 Å². The first-order chi connectivity index (χ1) is 9.88. The van der Waals surface area contributed by atoms with Gasteiger partial charge in [0.15, 0.2) is 0 Å². The van der Waals surface area contributed by atoms with Gasteiger partial charge in [-0.2, -0.15) is 4.31 Å². The lowest BCUT2D eigenvalue weighted by atomic mass is 10.2. The van der Waals surface area contributed by atoms with E-state index in [-0.39, 0.29) is 23.0 Å². The van der Waals surface area contributed by atoms with Crippen LogP contribution in [0.3, 0.4) is 0 Å². The van der Waals surface area contributed by atoms with Crippen LogP contribution in [-0.2, 0) is 21.3 Å². The second-order valence-corrected chi connectivity index (χ2v) is 7.00. The summed E-state index contributed by atoms with van der Waals surface area (Å²) in [4.78, 5) is -0.0181. The van der Waals surface area contributed by atoms with E-state index in [1.165, 1.54) is 10.4 Å². The van der Waals surface area contributed by atoms with Gasteiger partial charge in [-0.3, -0.25) is 0 Å². The van der Waals surface area contributed by atoms with E-state index in [9.17, 15) is 8.42 Å². The molecular formula is C13H20Cl2N2O3S. The van der Waals surface area contributed by atoms with Crippen molar-refractivity contribution in [1.82, 2.24) is 4.31 Å². The first kappa shape index (κ1) is 18.7. The zero-order chi connectivity index (χ0) is 16.0. The molecule has 0 unspecified atom stereocenters. The molecule has 0 fully saturated rings. The quantitative estimate of drug-likeness (QED) is 0.728. The molecule has 1 aromatic rings. The molecule has 0 amide bonds. The summed E-state index contributed by atoms with van der Waals surface area (Å²) in [6, 6.07) is 2.92. The smallest absolute Gasteiger partial charge is 0.244 e. The van der Waals surface area contributed by atoms with Gasteiger partial charge in [0.25, 0.3) is 0 Å². The molecule has 0 aromatic heterocycles. The van der Waals surface area contributed by atoms with Crippen LogP contribution >= 0.6 is 23.2 Å². The fourth-order valence-corrected chi connectivity index (χ4v) is 4.20. The van der Waals surface area contributed by atoms with Crippen LogP contribution in [-0.4, -0.2) is 39.0 Å². The monoisotopic (exact) mass is 354 g/mol. The molecule has 0 saturated heterocycles. The van der Waals surface area contributed by atoms with Crippen LogP contribution in [0.25, 0.3) is 0 Å². The molecular weight excluding hydrogens is 335 g/mol. The van der Waals surface area contributed by atoms with Crippen molar-refractivity contribution < 1.29 is 13.2 Å². The Balaban J connectivity index is 3.19. The standard InChI is InChI=1S/C13H20Cl2N2O3S/c1-3-17(5-6-20-4-2)21(18,19)12-8-11(14)7-10(9-16)13(12)15/h7-8H,3-6,9,16H2,1-2H3. The van der Waals surface area contributed by atoms with Crippen molar-refractivity contribution in [3.8, 4) is 0 Å². The first-order valence-corrected chi connectivity index (χ1v) is 8.83. The molecule has 8 heteroatoms. The van der Waals surface area contributed by atoms with Crippen molar-refractivity contribution in [2.45, 2.75) is 25.3 Å². The molecule has 2 N–H and O–H groups in total. The molecule has 0 heterocycles. The number of ether oxygens (including phenoxy) is 1. The third-order valence-corrected chi connectivity index (χ3v) is 5.73. The Hall–Kier alpha value is -0.370. The van der Waals surface area contributed by atoms with Gasteiger partial charge in [-0.1, -0.05) is 30.1 Å². The van der Waals surface area contributed by atoms with Gasteiger partial charge >= 0.3 is 0 Å². The van der Waals surface area contributed by atoms with Crippen molar-refractivity contribution in [1.29, 1.82) is 0 Å². The zero-order valence-electron chi connectivity index (χ0n) is 12.1. The second-order valence-electron chi connectivity index (χ2n) is 4.27. The molecule has 120 valence electrons. The minimum Gasteiger partial charge on any atom is -0.380 e. The number of nitrogens with zero attached hydrogens (tertiary/aromatic N) is 1. The maximum atomic E-state index is 12.7. The molecule has 0 spiro atoms. The average Bonchev–Trinajstić information content (AvgIpc) is 2.45. The summed E-state index contributed by atoms with van der Waals surface area (Å²) in [6.07, 6.45) is 0. The fourth-order valence-electron chi connectivity index (χ4n) is 1.85. The predicted molar refractivity (Wildman–Crippen MR) is 85.3 cm³/mol. The molecule has 0 atom stereocenters. The topological polar surface area (TPSA) is 72.6 Å². The molecule has 1 rings (SSSR count). The summed E-state index contributed by atoms with van der Waals surface area (Å²) in [6.45, 7) is 5.16. The fraction of sp³-hybridized carbons (Fsp3) is 0.538. The summed E-state index contributed by atoms with van der Waals surface area (Å²) in [7, 11) is -3.74. The van der Waals surface area contributed by atoms with Crippen molar-refractivity contribution in [2.75, 3.05) is 26.3 Å². The summed E-state index contributed by atoms with van der Waals surface area (Å²) in [5.41, 5.74) is 6.07. The largest absolute Gasteiger partial charge is 0.380 e. The normalized spacial score (nSPS) is 12.1. The number of nitrogens with two attached hydrogens (primary N) is 1. The Labute approximate surface area is 136 Å². The van der Waals surface area contributed by atoms with E-state index in [2.05, 4.69) is 0 Å². The first-order valence-electron chi connectivity index (χ1n) is 6.64. The van der Waals surface area contributed by atoms with Gasteiger partial charge in [-0.15, -0.1) is 0 Å². The minimum absolute atomic E-state index is 0.0181. The highest BCUT2D eigenvalue weighted by Crippen LogP contribution is 2.31. The van der Waals surface area contributed by atoms with Crippen LogP contribution in [0.4, 0.5) is 0 Å². The maximum absolute atomic E-state index is 12.7. The Kier molecular flexibility index (Phi) is 7.39. The number of rotatable bonds is 8. The van der Waals surface area contributed by atoms with Crippen LogP contribution in [0, 0.1) is 0 Å². The molecule has 0 bridgehead atoms. The van der Waals surface area contributed by atoms with Gasteiger partial charge in [-0.25, -0.2) is 8.42 Å². The van der Waals surface area contributed by atoms with Crippen molar-refractivity contribution >= 4 is 33.2 Å². The number of likely N-dealkylation sites (N-methyl/N-ethyl adjacent to an activating group) is 1. The summed E-state index contributed by atoms with van der Waals surface area (Å²) < 4.78 is 31.9. The third kappa shape index (κ3) is 4.55. The van der Waals surface area contributed by atoms with Gasteiger partial charge in [0.05, 0.1) is 11.6 Å². The number of sulfonamides is 1. The van der Waals surface area contributed by atoms with Crippen LogP contribution in [0.2, 0.25) is 10.0 Å². The van der Waals surface area contributed by atoms with E-state index in [4.69, 9.17) is 33.7 Å². The number of hydrogen-bond donors (Lipinski definition) is 1. The average molecular weight is 355 g/mol. The Morgan fingerprint density at radius 1 is 1.29 bits per heavy atom. The molecule has 0 saturated carbocycles. The maximum Gasteiger partial charge on any atom is 0.244 e. The van der Waals surface area contributed by atoms with Crippen LogP contribution in [0.5, 0.6) is 0 Å². The van der Waals surface area contributed by atoms with E-state index in [1.54, 1.807) is 13.0 Å². The molecule has 0 aliphatic carbocycles. The van der Waals surface area contributed by atoms with E-state index in [0.29, 0.717) is 30.3 Å². The zero-order valence-corrected chi connectivity index (χ0v) is 14.4. The highest BCUT2D eigenvalue weighted by molar-refractivity contribution is 7.89. The van der Waals surface area contributed by atoms with E-state index >= 15 is 0 Å². The van der Waals surface area contributed by atoms with Gasteiger partial charge in [0.1, 0.15) is 4.90 Å². The predicted octanol–water partition coefficient (Wildman–Crippen LogP) is 2.50. The molecule has 0 aliphatic rings. The highest BCUT2D eigenvalue weighted by atomic mass is 35.5. The van der Waals surface area contributed by atoms with E-state index in [1.807, 2.05) is 6.92 Å². The number of halogens is 2. The Bertz CT molecular complexity index is 579. The molecule has 0 radical (unpaired) electrons. The summed E-state index contributed by atoms with van der Waals surface area (Å²) >= 11 is 12.1. The molecule has 5 nitrogen and oxygen atoms in total. The number of benzene rings is 1. The SMILES string of the molecule is CCOCCN(CC)S(=O)(=O)c1cc(Cl)cc(CN)c1Cl. The Morgan fingerprint density at radius 3 is 2.48 bits per heavy atom. The van der Waals surface area contributed by atoms with E-state index < -0.39 is 10.0 Å². The molecule has 0 aliphatic heterocycles. The Morgan fingerprint density at radius 2 is 1.95 bits per heavy atom. The summed E-state index contributed by atoms with van der Waals surface area (Å²) in [5, 5.41) is 0.413. The van der Waals surface area contributed by atoms with Gasteiger partial charge in [0, 0.05) is 31.3 Å². The van der Waals surface area contributed by atoms with Crippen molar-refractivity contribution in [3.05, 3.63) is 27.7 Å². The van der Waals surface area contributed by atoms with Crippen molar-refractivity contribution in [3.63, 3.8) is 0 Å². The van der Waals surface area contributed by atoms with Gasteiger partial charge < -0.3 is 10.5 Å². The third-order valence-electron chi connectivity index (χ3n) is 2.96. The lowest BCUT2D eigenvalue weighted by Crippen LogP contribution is -2.34. The summed E-state index contributed by atoms with van der Waals surface area (Å²) in [5.74, 6) is 0. The van der Waals surface area contributed by atoms with Crippen LogP contribution in [0.15, 0.2) is 17.0 Å². The van der Waals surface area contributed by atoms with Crippen LogP contribution < -0.4 is 5.73 Å². The highest BCUT2D eigenvalue weighted by Gasteiger charge is 2.27. The second kappa shape index (κ2) is 8.31. The van der Waals surface area contributed by atoms with Gasteiger partial charge in [0.2, 0.25) is 10.0 Å². The lowest BCUT2D eigenvalue weighted by Gasteiger charge is -2.21. The molecule has 1 aromatic carbocycles. The van der Waals surface area contributed by atoms with Crippen molar-refractivity contribution in [2.24, 2.45) is 5.73 Å². The lowest BCUT2D eigenvalue weighted by molar-refractivity contribution is 0.135. The molecule has 21 heavy (non-hydrogen) atoms. The number of hydrogen-bond acceptors (Lipinski definition) is 4. The minimum atomic E-state index is -3.74. The van der Waals surface area contributed by atoms with E-state index in [0.717, 1.165) is 0 Å². The van der Waals surface area contributed by atoms with Gasteiger partial charge in [-0.05, 0) is 24.6 Å².